The number of amides is 2. The van der Waals surface area contributed by atoms with Gasteiger partial charge in [0.2, 0.25) is 0 Å². The molecular formula is C21H25ClF7N5O2. The second-order valence-electron chi connectivity index (χ2n) is 9.05. The molecule has 1 aromatic heterocycles. The maximum Gasteiger partial charge on any atom is 0.414 e. The Morgan fingerprint density at radius 2 is 1.81 bits per heavy atom. The van der Waals surface area contributed by atoms with Gasteiger partial charge < -0.3 is 25.7 Å². The van der Waals surface area contributed by atoms with Crippen molar-refractivity contribution >= 4 is 29.5 Å². The third-order valence-corrected chi connectivity index (χ3v) is 6.36. The Bertz CT molecular complexity index is 1100. The number of fused-ring (bicyclic) bond motifs is 1. The first kappa shape index (κ1) is 28.3. The number of aromatic amines is 1. The van der Waals surface area contributed by atoms with Crippen LogP contribution in [0.4, 0.5) is 35.5 Å². The number of benzene rings is 1. The summed E-state index contributed by atoms with van der Waals surface area (Å²) in [5.41, 5.74) is 6.30. The Morgan fingerprint density at radius 3 is 2.33 bits per heavy atom. The predicted octanol–water partition coefficient (Wildman–Crippen LogP) is 4.89. The van der Waals surface area contributed by atoms with Crippen molar-refractivity contribution < 1.29 is 40.3 Å². The van der Waals surface area contributed by atoms with Gasteiger partial charge in [0.1, 0.15) is 17.4 Å². The van der Waals surface area contributed by atoms with Gasteiger partial charge in [-0.05, 0) is 50.3 Å². The molecule has 4 rings (SSSR count). The van der Waals surface area contributed by atoms with E-state index in [1.165, 1.54) is 13.0 Å². The second kappa shape index (κ2) is 9.86. The van der Waals surface area contributed by atoms with Crippen molar-refractivity contribution in [3.8, 4) is 0 Å². The zero-order chi connectivity index (χ0) is 25.9. The second-order valence-corrected chi connectivity index (χ2v) is 9.05. The van der Waals surface area contributed by atoms with Crippen molar-refractivity contribution in [2.24, 2.45) is 11.7 Å². The quantitative estimate of drug-likeness (QED) is 0.430. The Morgan fingerprint density at radius 1 is 1.17 bits per heavy atom. The summed E-state index contributed by atoms with van der Waals surface area (Å²) in [7, 11) is 0. The van der Waals surface area contributed by atoms with Crippen molar-refractivity contribution in [3.05, 3.63) is 29.3 Å². The van der Waals surface area contributed by atoms with Crippen LogP contribution in [0.5, 0.6) is 0 Å². The van der Waals surface area contributed by atoms with E-state index in [1.54, 1.807) is 0 Å². The smallest absolute Gasteiger partial charge is 0.364 e. The van der Waals surface area contributed by atoms with E-state index in [9.17, 15) is 35.5 Å². The number of H-pyrrole nitrogens is 1. The molecule has 2 aliphatic rings. The number of nitrogens with one attached hydrogen (secondary N) is 2. The molecule has 1 aromatic carbocycles. The van der Waals surface area contributed by atoms with E-state index in [0.29, 0.717) is 12.8 Å². The van der Waals surface area contributed by atoms with Crippen LogP contribution in [0.1, 0.15) is 50.2 Å². The topological polar surface area (TPSA) is 96.3 Å². The molecule has 0 unspecified atom stereocenters. The highest BCUT2D eigenvalue weighted by molar-refractivity contribution is 5.85. The van der Waals surface area contributed by atoms with Crippen molar-refractivity contribution in [1.82, 2.24) is 20.2 Å². The molecule has 5 atom stereocenters. The molecule has 0 radical (unpaired) electrons. The van der Waals surface area contributed by atoms with Gasteiger partial charge in [-0.2, -0.15) is 26.3 Å². The molecule has 1 aliphatic carbocycles. The maximum atomic E-state index is 15.0. The summed E-state index contributed by atoms with van der Waals surface area (Å²) >= 11 is 0. The Kier molecular flexibility index (Phi) is 7.74. The number of halogens is 8. The van der Waals surface area contributed by atoms with Crippen LogP contribution in [-0.2, 0) is 4.74 Å². The summed E-state index contributed by atoms with van der Waals surface area (Å²) in [5.74, 6) is -0.953. The number of ether oxygens (including phenoxy) is 1. The first-order chi connectivity index (χ1) is 16.2. The van der Waals surface area contributed by atoms with E-state index >= 15 is 0 Å². The van der Waals surface area contributed by atoms with Crippen LogP contribution in [0.2, 0.25) is 0 Å². The lowest BCUT2D eigenvalue weighted by Gasteiger charge is -2.27. The average Bonchev–Trinajstić information content (AvgIpc) is 3.34. The summed E-state index contributed by atoms with van der Waals surface area (Å²) in [6, 6.07) is -2.25. The van der Waals surface area contributed by atoms with Crippen molar-refractivity contribution in [2.45, 2.75) is 69.4 Å². The highest BCUT2D eigenvalue weighted by atomic mass is 35.5. The van der Waals surface area contributed by atoms with Gasteiger partial charge in [0.05, 0.1) is 30.2 Å². The van der Waals surface area contributed by atoms with Crippen LogP contribution in [0.25, 0.3) is 11.0 Å². The van der Waals surface area contributed by atoms with Gasteiger partial charge in [0.15, 0.2) is 11.9 Å². The molecule has 1 saturated heterocycles. The van der Waals surface area contributed by atoms with Crippen LogP contribution in [0.3, 0.4) is 0 Å². The van der Waals surface area contributed by atoms with E-state index in [0.717, 1.165) is 17.9 Å². The lowest BCUT2D eigenvalue weighted by molar-refractivity contribution is -0.227. The maximum absolute atomic E-state index is 15.0. The van der Waals surface area contributed by atoms with E-state index in [-0.39, 0.29) is 40.7 Å². The molecule has 0 bridgehead atoms. The Balaban J connectivity index is 0.00000361. The van der Waals surface area contributed by atoms with Gasteiger partial charge in [0, 0.05) is 0 Å². The van der Waals surface area contributed by atoms with E-state index in [2.05, 4.69) is 9.97 Å². The third-order valence-electron chi connectivity index (χ3n) is 6.36. The molecular weight excluding hydrogens is 523 g/mol. The molecule has 0 spiro atoms. The van der Waals surface area contributed by atoms with Crippen LogP contribution in [0, 0.1) is 11.7 Å². The van der Waals surface area contributed by atoms with Crippen LogP contribution in [-0.4, -0.2) is 58.0 Å². The molecule has 15 heteroatoms. The summed E-state index contributed by atoms with van der Waals surface area (Å²) < 4.78 is 97.8. The number of rotatable bonds is 7. The lowest BCUT2D eigenvalue weighted by atomic mass is 9.99. The monoisotopic (exact) mass is 547 g/mol. The number of nitrogens with two attached hydrogens (primary N) is 1. The molecule has 2 fully saturated rings. The Hall–Kier alpha value is -2.32. The molecule has 202 valence electrons. The van der Waals surface area contributed by atoms with Crippen LogP contribution >= 0.6 is 12.4 Å². The average molecular weight is 548 g/mol. The fourth-order valence-electron chi connectivity index (χ4n) is 4.25. The molecule has 7 nitrogen and oxygen atoms in total. The standard InChI is InChI=1S/C21H24F7N5O2.ClH/c1-8(35-9(2)20(23,24)25)15(29)18-30-13-6-11(5-12(22)16(13)32-18)17(10-3-4-10)33-7-14(21(26,27)28)31-19(33)34;/h5-6,8-10,14-15,17H,3-4,7,29H2,1-2H3,(H,30,32)(H,31,34);1H/t8-,9-,14+,15+,17-;/m1./s1. The zero-order valence-electron chi connectivity index (χ0n) is 19.1. The van der Waals surface area contributed by atoms with Gasteiger partial charge in [-0.3, -0.25) is 0 Å². The first-order valence-corrected chi connectivity index (χ1v) is 11.0. The third kappa shape index (κ3) is 5.65. The Labute approximate surface area is 207 Å². The molecule has 2 heterocycles. The highest BCUT2D eigenvalue weighted by Gasteiger charge is 2.51. The lowest BCUT2D eigenvalue weighted by Crippen LogP contribution is -2.40. The zero-order valence-corrected chi connectivity index (χ0v) is 19.9. The van der Waals surface area contributed by atoms with Crippen molar-refractivity contribution in [3.63, 3.8) is 0 Å². The van der Waals surface area contributed by atoms with Crippen molar-refractivity contribution in [2.75, 3.05) is 6.54 Å². The number of aromatic nitrogens is 2. The molecule has 2 amide bonds. The molecule has 2 aromatic rings. The van der Waals surface area contributed by atoms with E-state index in [1.807, 2.05) is 5.32 Å². The minimum atomic E-state index is -4.62. The van der Waals surface area contributed by atoms with Gasteiger partial charge in [-0.1, -0.05) is 0 Å². The van der Waals surface area contributed by atoms with Gasteiger partial charge >= 0.3 is 18.4 Å². The fraction of sp³-hybridized carbons (Fsp3) is 0.619. The summed E-state index contributed by atoms with van der Waals surface area (Å²) in [6.45, 7) is 1.56. The summed E-state index contributed by atoms with van der Waals surface area (Å²) in [6.07, 6.45) is -11.1. The SMILES string of the molecule is C[C@@H](O[C@H](C)C(F)(F)F)[C@H](N)c1nc2c(F)cc([C@@H](C3CC3)N3C[C@@H](C(F)(F)F)NC3=O)cc2[nH]1.Cl. The normalized spacial score (nSPS) is 22.2. The number of carbonyl (C=O) groups excluding carboxylic acids is 1. The largest absolute Gasteiger partial charge is 0.414 e. The first-order valence-electron chi connectivity index (χ1n) is 11.0. The van der Waals surface area contributed by atoms with Crippen LogP contribution < -0.4 is 11.1 Å². The minimum absolute atomic E-state index is 0. The number of imidazole rings is 1. The van der Waals surface area contributed by atoms with Crippen LogP contribution in [0.15, 0.2) is 12.1 Å². The number of alkyl halides is 6. The highest BCUT2D eigenvalue weighted by Crippen LogP contribution is 2.46. The number of hydrogen-bond donors (Lipinski definition) is 3. The van der Waals surface area contributed by atoms with Gasteiger partial charge in [0.25, 0.3) is 0 Å². The number of carbonyl (C=O) groups is 1. The van der Waals surface area contributed by atoms with Gasteiger partial charge in [-0.15, -0.1) is 12.4 Å². The minimum Gasteiger partial charge on any atom is -0.364 e. The number of hydrogen-bond acceptors (Lipinski definition) is 4. The predicted molar refractivity (Wildman–Crippen MR) is 117 cm³/mol. The number of urea groups is 1. The van der Waals surface area contributed by atoms with E-state index < -0.39 is 61.1 Å². The summed E-state index contributed by atoms with van der Waals surface area (Å²) in [5, 5.41) is 1.92. The molecule has 4 N–H and O–H groups in total. The summed E-state index contributed by atoms with van der Waals surface area (Å²) in [4.78, 5) is 20.3. The molecule has 36 heavy (non-hydrogen) atoms. The number of nitrogens with zero attached hydrogens (tertiary/aromatic N) is 2. The molecule has 1 aliphatic heterocycles. The fourth-order valence-corrected chi connectivity index (χ4v) is 4.25. The van der Waals surface area contributed by atoms with Gasteiger partial charge in [-0.25, -0.2) is 14.2 Å². The van der Waals surface area contributed by atoms with E-state index in [4.69, 9.17) is 10.5 Å². The van der Waals surface area contributed by atoms with Crippen molar-refractivity contribution in [1.29, 1.82) is 0 Å². The molecule has 1 saturated carbocycles.